The van der Waals surface area contributed by atoms with Gasteiger partial charge in [-0.05, 0) is 48.9 Å². The Morgan fingerprint density at radius 1 is 0.971 bits per heavy atom. The Labute approximate surface area is 206 Å². The number of nitrogens with one attached hydrogen (secondary N) is 2. The quantitative estimate of drug-likeness (QED) is 0.179. The Balaban J connectivity index is 1.49. The Morgan fingerprint density at radius 3 is 2.46 bits per heavy atom. The molecule has 1 aromatic heterocycles. The predicted molar refractivity (Wildman–Crippen MR) is 138 cm³/mol. The van der Waals surface area contributed by atoms with Crippen LogP contribution in [0.25, 0.3) is 11.3 Å². The average Bonchev–Trinajstić information content (AvgIpc) is 3.39. The summed E-state index contributed by atoms with van der Waals surface area (Å²) in [6, 6.07) is 14.7. The zero-order valence-electron chi connectivity index (χ0n) is 20.7. The van der Waals surface area contributed by atoms with Crippen molar-refractivity contribution in [3.8, 4) is 28.5 Å². The van der Waals surface area contributed by atoms with Gasteiger partial charge in [0.25, 0.3) is 5.91 Å². The summed E-state index contributed by atoms with van der Waals surface area (Å²) in [7, 11) is 3.14. The molecule has 0 aliphatic heterocycles. The molecule has 0 fully saturated rings. The minimum atomic E-state index is -0.397. The molecule has 0 aliphatic rings. The van der Waals surface area contributed by atoms with Gasteiger partial charge in [0.1, 0.15) is 22.9 Å². The van der Waals surface area contributed by atoms with Crippen LogP contribution in [0.15, 0.2) is 53.6 Å². The molecule has 186 valence electrons. The number of aromatic amines is 1. The van der Waals surface area contributed by atoms with Crippen molar-refractivity contribution < 1.29 is 19.0 Å². The van der Waals surface area contributed by atoms with E-state index >= 15 is 0 Å². The van der Waals surface area contributed by atoms with Crippen LogP contribution in [0.4, 0.5) is 0 Å². The first-order chi connectivity index (χ1) is 17.1. The lowest BCUT2D eigenvalue weighted by Gasteiger charge is -2.06. The number of rotatable bonds is 14. The van der Waals surface area contributed by atoms with E-state index in [-0.39, 0.29) is 0 Å². The van der Waals surface area contributed by atoms with E-state index in [9.17, 15) is 4.79 Å². The van der Waals surface area contributed by atoms with E-state index in [1.54, 1.807) is 38.5 Å². The maximum Gasteiger partial charge on any atom is 0.289 e. The van der Waals surface area contributed by atoms with Gasteiger partial charge in [-0.2, -0.15) is 10.2 Å². The zero-order valence-corrected chi connectivity index (χ0v) is 20.7. The first-order valence-corrected chi connectivity index (χ1v) is 12.0. The minimum absolute atomic E-state index is 0.308. The number of aromatic nitrogens is 2. The minimum Gasteiger partial charge on any atom is -0.497 e. The number of methoxy groups -OCH3 is 2. The van der Waals surface area contributed by atoms with Gasteiger partial charge in [0.05, 0.1) is 32.7 Å². The van der Waals surface area contributed by atoms with Crippen LogP contribution in [0.5, 0.6) is 17.2 Å². The smallest absolute Gasteiger partial charge is 0.289 e. The number of unbranched alkanes of at least 4 members (excludes halogenated alkanes) is 5. The third kappa shape index (κ3) is 7.88. The molecule has 0 unspecified atom stereocenters. The molecule has 2 aromatic carbocycles. The molecule has 3 rings (SSSR count). The summed E-state index contributed by atoms with van der Waals surface area (Å²) in [5.41, 5.74) is 5.07. The molecule has 3 aromatic rings. The summed E-state index contributed by atoms with van der Waals surface area (Å²) < 4.78 is 16.3. The van der Waals surface area contributed by atoms with E-state index in [2.05, 4.69) is 27.6 Å². The van der Waals surface area contributed by atoms with E-state index in [0.717, 1.165) is 24.3 Å². The van der Waals surface area contributed by atoms with Gasteiger partial charge in [-0.1, -0.05) is 39.0 Å². The Morgan fingerprint density at radius 2 is 1.71 bits per heavy atom. The number of nitrogens with zero attached hydrogens (tertiary/aromatic N) is 2. The van der Waals surface area contributed by atoms with Crippen LogP contribution in [0.1, 0.15) is 61.5 Å². The molecular weight excluding hydrogens is 444 g/mol. The number of hydrazone groups is 1. The van der Waals surface area contributed by atoms with Crippen LogP contribution in [-0.4, -0.2) is 43.1 Å². The molecule has 2 N–H and O–H groups in total. The first kappa shape index (κ1) is 25.8. The molecule has 0 atom stereocenters. The highest BCUT2D eigenvalue weighted by Gasteiger charge is 2.11. The van der Waals surface area contributed by atoms with Crippen molar-refractivity contribution in [2.24, 2.45) is 5.10 Å². The van der Waals surface area contributed by atoms with Gasteiger partial charge in [0, 0.05) is 17.2 Å². The molecule has 0 spiro atoms. The largest absolute Gasteiger partial charge is 0.497 e. The van der Waals surface area contributed by atoms with Crippen molar-refractivity contribution >= 4 is 12.1 Å². The fourth-order valence-corrected chi connectivity index (χ4v) is 3.53. The van der Waals surface area contributed by atoms with Crippen LogP contribution in [0.3, 0.4) is 0 Å². The van der Waals surface area contributed by atoms with E-state index in [1.165, 1.54) is 38.3 Å². The molecule has 0 radical (unpaired) electrons. The Hall–Kier alpha value is -3.81. The molecule has 0 saturated heterocycles. The van der Waals surface area contributed by atoms with Gasteiger partial charge >= 0.3 is 0 Å². The van der Waals surface area contributed by atoms with Crippen LogP contribution in [0.2, 0.25) is 0 Å². The van der Waals surface area contributed by atoms with Crippen LogP contribution >= 0.6 is 0 Å². The SMILES string of the molecule is CCCCCCCCOc1ccc(-c2cc(C(=O)NN=Cc3ccc(OC)cc3OC)[nH]n2)cc1. The van der Waals surface area contributed by atoms with Crippen molar-refractivity contribution in [2.75, 3.05) is 20.8 Å². The molecular formula is C27H34N4O4. The van der Waals surface area contributed by atoms with Crippen molar-refractivity contribution in [3.63, 3.8) is 0 Å². The number of hydrogen-bond acceptors (Lipinski definition) is 6. The monoisotopic (exact) mass is 478 g/mol. The van der Waals surface area contributed by atoms with Gasteiger partial charge in [-0.25, -0.2) is 5.43 Å². The highest BCUT2D eigenvalue weighted by molar-refractivity contribution is 5.94. The molecule has 35 heavy (non-hydrogen) atoms. The maximum absolute atomic E-state index is 12.5. The predicted octanol–water partition coefficient (Wildman–Crippen LogP) is 5.60. The first-order valence-electron chi connectivity index (χ1n) is 12.0. The Kier molecular flexibility index (Phi) is 10.2. The second-order valence-corrected chi connectivity index (χ2v) is 8.11. The molecule has 8 heteroatoms. The Bertz CT molecular complexity index is 1090. The van der Waals surface area contributed by atoms with Gasteiger partial charge in [0.15, 0.2) is 0 Å². The van der Waals surface area contributed by atoms with Crippen molar-refractivity contribution in [1.29, 1.82) is 0 Å². The van der Waals surface area contributed by atoms with Crippen LogP contribution in [0, 0.1) is 0 Å². The fraction of sp³-hybridized carbons (Fsp3) is 0.370. The second-order valence-electron chi connectivity index (χ2n) is 8.11. The fourth-order valence-electron chi connectivity index (χ4n) is 3.53. The number of benzene rings is 2. The topological polar surface area (TPSA) is 97.8 Å². The van der Waals surface area contributed by atoms with Crippen molar-refractivity contribution in [2.45, 2.75) is 45.4 Å². The van der Waals surface area contributed by atoms with Gasteiger partial charge in [-0.3, -0.25) is 9.89 Å². The molecule has 0 aliphatic carbocycles. The summed E-state index contributed by atoms with van der Waals surface area (Å²) in [5, 5.41) is 11.0. The van der Waals surface area contributed by atoms with Crippen molar-refractivity contribution in [1.82, 2.24) is 15.6 Å². The lowest BCUT2D eigenvalue weighted by atomic mass is 10.1. The summed E-state index contributed by atoms with van der Waals surface area (Å²) in [4.78, 5) is 12.5. The summed E-state index contributed by atoms with van der Waals surface area (Å²) in [6.07, 6.45) is 8.93. The highest BCUT2D eigenvalue weighted by Crippen LogP contribution is 2.23. The normalized spacial score (nSPS) is 10.9. The third-order valence-electron chi connectivity index (χ3n) is 5.55. The van der Waals surface area contributed by atoms with Gasteiger partial charge < -0.3 is 14.2 Å². The summed E-state index contributed by atoms with van der Waals surface area (Å²) in [5.74, 6) is 1.70. The number of carbonyl (C=O) groups is 1. The van der Waals surface area contributed by atoms with Crippen LogP contribution in [-0.2, 0) is 0 Å². The second kappa shape index (κ2) is 13.8. The number of hydrogen-bond donors (Lipinski definition) is 2. The van der Waals surface area contributed by atoms with Crippen molar-refractivity contribution in [3.05, 3.63) is 59.8 Å². The van der Waals surface area contributed by atoms with Gasteiger partial charge in [0.2, 0.25) is 0 Å². The lowest BCUT2D eigenvalue weighted by Crippen LogP contribution is -2.18. The molecule has 0 saturated carbocycles. The third-order valence-corrected chi connectivity index (χ3v) is 5.55. The summed E-state index contributed by atoms with van der Waals surface area (Å²) >= 11 is 0. The van der Waals surface area contributed by atoms with E-state index in [1.807, 2.05) is 24.3 Å². The molecule has 0 bridgehead atoms. The summed E-state index contributed by atoms with van der Waals surface area (Å²) in [6.45, 7) is 2.95. The standard InChI is InChI=1S/C27H34N4O4/c1-4-5-6-7-8-9-16-35-22-13-10-20(11-14-22)24-18-25(30-29-24)27(32)31-28-19-21-12-15-23(33-2)17-26(21)34-3/h10-15,17-19H,4-9,16H2,1-3H3,(H,29,30)(H,31,32). The zero-order chi connectivity index (χ0) is 24.9. The molecule has 1 amide bonds. The van der Waals surface area contributed by atoms with E-state index in [0.29, 0.717) is 28.5 Å². The lowest BCUT2D eigenvalue weighted by molar-refractivity contribution is 0.0950. The number of amides is 1. The highest BCUT2D eigenvalue weighted by atomic mass is 16.5. The molecule has 1 heterocycles. The number of H-pyrrole nitrogens is 1. The number of ether oxygens (including phenoxy) is 3. The van der Waals surface area contributed by atoms with Crippen LogP contribution < -0.4 is 19.6 Å². The van der Waals surface area contributed by atoms with Gasteiger partial charge in [-0.15, -0.1) is 0 Å². The average molecular weight is 479 g/mol. The van der Waals surface area contributed by atoms with E-state index < -0.39 is 5.91 Å². The van der Waals surface area contributed by atoms with E-state index in [4.69, 9.17) is 14.2 Å². The number of carbonyl (C=O) groups excluding carboxylic acids is 1. The maximum atomic E-state index is 12.5. The molecule has 8 nitrogen and oxygen atoms in total.